The lowest BCUT2D eigenvalue weighted by molar-refractivity contribution is -0.142. The van der Waals surface area contributed by atoms with Gasteiger partial charge in [-0.1, -0.05) is 103 Å². The van der Waals surface area contributed by atoms with Crippen molar-refractivity contribution in [3.05, 3.63) is 0 Å². The second-order valence-corrected chi connectivity index (χ2v) is 12.8. The second-order valence-electron chi connectivity index (χ2n) is 12.8. The molecule has 12 nitrogen and oxygen atoms in total. The van der Waals surface area contributed by atoms with E-state index in [9.17, 15) is 4.79 Å². The Morgan fingerprint density at radius 1 is 0.269 bits per heavy atom. The van der Waals surface area contributed by atoms with Crippen LogP contribution in [0.15, 0.2) is 0 Å². The van der Waals surface area contributed by atoms with Crippen LogP contribution in [0.2, 0.25) is 0 Å². The Morgan fingerprint density at radius 2 is 0.462 bits per heavy atom. The van der Waals surface area contributed by atoms with Crippen molar-refractivity contribution in [1.29, 1.82) is 0 Å². The molecule has 0 heterocycles. The number of carbonyl (C=O) groups excluding carboxylic acids is 1. The summed E-state index contributed by atoms with van der Waals surface area (Å²) in [4.78, 5) is 10.6. The van der Waals surface area contributed by atoms with Crippen molar-refractivity contribution in [2.24, 2.45) is 0 Å². The maximum absolute atomic E-state index is 10.6. The van der Waals surface area contributed by atoms with Gasteiger partial charge in [0.05, 0.1) is 126 Å². The molecule has 52 heavy (non-hydrogen) atoms. The predicted molar refractivity (Wildman–Crippen MR) is 204 cm³/mol. The molecule has 0 rings (SSSR count). The van der Waals surface area contributed by atoms with Gasteiger partial charge in [-0.3, -0.25) is 4.79 Å². The lowest BCUT2D eigenvalue weighted by atomic mass is 10.0. The van der Waals surface area contributed by atoms with E-state index >= 15 is 0 Å². The summed E-state index contributed by atoms with van der Waals surface area (Å²) < 4.78 is 59.6. The molecule has 0 saturated carbocycles. The van der Waals surface area contributed by atoms with Gasteiger partial charge in [-0.25, -0.2) is 0 Å². The quantitative estimate of drug-likeness (QED) is 0.0472. The largest absolute Gasteiger partial charge is 0.463 e. The van der Waals surface area contributed by atoms with E-state index in [1.807, 2.05) is 0 Å². The number of hydrogen-bond donors (Lipinski definition) is 0. The van der Waals surface area contributed by atoms with Crippen LogP contribution in [0.1, 0.15) is 117 Å². The zero-order valence-electron chi connectivity index (χ0n) is 33.6. The molecule has 0 radical (unpaired) electrons. The fourth-order valence-electron chi connectivity index (χ4n) is 5.08. The van der Waals surface area contributed by atoms with Crippen LogP contribution in [-0.4, -0.2) is 145 Å². The summed E-state index contributed by atoms with van der Waals surface area (Å²) in [5.41, 5.74) is 0. The summed E-state index contributed by atoms with van der Waals surface area (Å²) >= 11 is 0. The molecule has 0 aliphatic heterocycles. The summed E-state index contributed by atoms with van der Waals surface area (Å²) in [7, 11) is 0. The number of rotatable bonds is 47. The third kappa shape index (κ3) is 49.1. The molecule has 0 unspecified atom stereocenters. The Kier molecular flexibility index (Phi) is 47.2. The zero-order valence-corrected chi connectivity index (χ0v) is 33.6. The zero-order chi connectivity index (χ0) is 37.5. The summed E-state index contributed by atoms with van der Waals surface area (Å²) in [5.74, 6) is -0.307. The number of esters is 1. The summed E-state index contributed by atoms with van der Waals surface area (Å²) in [5, 5.41) is 0. The van der Waals surface area contributed by atoms with Crippen molar-refractivity contribution in [3.63, 3.8) is 0 Å². The summed E-state index contributed by atoms with van der Waals surface area (Å²) in [6, 6.07) is 0. The van der Waals surface area contributed by atoms with E-state index < -0.39 is 0 Å². The van der Waals surface area contributed by atoms with Gasteiger partial charge in [0.2, 0.25) is 0 Å². The summed E-state index contributed by atoms with van der Waals surface area (Å²) in [6.45, 7) is 14.6. The highest BCUT2D eigenvalue weighted by molar-refractivity contribution is 5.65. The smallest absolute Gasteiger partial charge is 0.302 e. The molecule has 0 aromatic carbocycles. The van der Waals surface area contributed by atoms with E-state index in [-0.39, 0.29) is 12.6 Å². The van der Waals surface area contributed by atoms with Gasteiger partial charge < -0.3 is 52.1 Å². The van der Waals surface area contributed by atoms with E-state index in [1.54, 1.807) is 0 Å². The lowest BCUT2D eigenvalue weighted by Crippen LogP contribution is -2.15. The Bertz CT molecular complexity index is 658. The Balaban J connectivity index is 3.05. The van der Waals surface area contributed by atoms with Gasteiger partial charge >= 0.3 is 5.97 Å². The second kappa shape index (κ2) is 48.1. The summed E-state index contributed by atoms with van der Waals surface area (Å²) in [6.07, 6.45) is 22.2. The van der Waals surface area contributed by atoms with Gasteiger partial charge in [0.25, 0.3) is 0 Å². The van der Waals surface area contributed by atoms with Gasteiger partial charge in [0, 0.05) is 13.5 Å². The minimum absolute atomic E-state index is 0.262. The van der Waals surface area contributed by atoms with Crippen molar-refractivity contribution in [2.45, 2.75) is 117 Å². The highest BCUT2D eigenvalue weighted by Gasteiger charge is 1.98. The number of hydrogen-bond acceptors (Lipinski definition) is 12. The van der Waals surface area contributed by atoms with Crippen LogP contribution in [0.3, 0.4) is 0 Å². The Labute approximate surface area is 317 Å². The highest BCUT2D eigenvalue weighted by Crippen LogP contribution is 2.13. The van der Waals surface area contributed by atoms with Crippen LogP contribution >= 0.6 is 0 Å². The standard InChI is InChI=1S/C40H80O12/c1-3-4-5-6-7-8-9-10-11-12-13-14-15-16-17-18-19-42-20-21-43-22-23-44-24-25-45-26-27-46-28-29-47-30-31-48-32-33-49-34-35-50-36-37-51-38-39-52-40(2)41/h3-39H2,1-2H3. The fourth-order valence-corrected chi connectivity index (χ4v) is 5.08. The topological polar surface area (TPSA) is 119 Å². The van der Waals surface area contributed by atoms with E-state index in [1.165, 1.54) is 103 Å². The predicted octanol–water partition coefficient (Wildman–Crippen LogP) is 6.98. The molecule has 0 saturated heterocycles. The monoisotopic (exact) mass is 753 g/mol. The van der Waals surface area contributed by atoms with E-state index in [0.29, 0.717) is 126 Å². The third-order valence-electron chi connectivity index (χ3n) is 8.02. The normalized spacial score (nSPS) is 11.5. The SMILES string of the molecule is CCCCCCCCCCCCCCCCCCOCCOCCOCCOCCOCCOCCOCCOCCOCCOCCOC(C)=O. The van der Waals surface area contributed by atoms with Gasteiger partial charge in [0.15, 0.2) is 0 Å². The van der Waals surface area contributed by atoms with E-state index in [4.69, 9.17) is 52.1 Å². The van der Waals surface area contributed by atoms with Crippen molar-refractivity contribution in [2.75, 3.05) is 139 Å². The molecule has 0 aliphatic carbocycles. The molecule has 312 valence electrons. The van der Waals surface area contributed by atoms with Gasteiger partial charge in [0.1, 0.15) is 6.61 Å². The first-order valence-corrected chi connectivity index (χ1v) is 20.7. The van der Waals surface area contributed by atoms with Crippen molar-refractivity contribution in [3.8, 4) is 0 Å². The lowest BCUT2D eigenvalue weighted by Gasteiger charge is -2.09. The van der Waals surface area contributed by atoms with Crippen LogP contribution in [0.4, 0.5) is 0 Å². The molecule has 0 spiro atoms. The third-order valence-corrected chi connectivity index (χ3v) is 8.02. The van der Waals surface area contributed by atoms with Crippen LogP contribution in [-0.2, 0) is 56.9 Å². The number of carbonyl (C=O) groups is 1. The minimum Gasteiger partial charge on any atom is -0.463 e. The molecule has 0 aliphatic rings. The Hall–Kier alpha value is -0.930. The molecule has 0 aromatic rings. The van der Waals surface area contributed by atoms with Gasteiger partial charge in [-0.15, -0.1) is 0 Å². The maximum atomic E-state index is 10.6. The minimum atomic E-state index is -0.307. The fraction of sp³-hybridized carbons (Fsp3) is 0.975. The van der Waals surface area contributed by atoms with Gasteiger partial charge in [-0.2, -0.15) is 0 Å². The molecule has 0 aromatic heterocycles. The van der Waals surface area contributed by atoms with Crippen molar-refractivity contribution < 1.29 is 56.9 Å². The molecular weight excluding hydrogens is 672 g/mol. The van der Waals surface area contributed by atoms with Gasteiger partial charge in [-0.05, 0) is 6.42 Å². The molecule has 0 atom stereocenters. The number of unbranched alkanes of at least 4 members (excludes halogenated alkanes) is 15. The van der Waals surface area contributed by atoms with E-state index in [0.717, 1.165) is 13.0 Å². The molecule has 0 bridgehead atoms. The van der Waals surface area contributed by atoms with Crippen molar-refractivity contribution >= 4 is 5.97 Å². The average molecular weight is 753 g/mol. The molecule has 0 amide bonds. The Morgan fingerprint density at radius 3 is 0.692 bits per heavy atom. The van der Waals surface area contributed by atoms with Crippen LogP contribution in [0.25, 0.3) is 0 Å². The first kappa shape index (κ1) is 51.1. The van der Waals surface area contributed by atoms with Crippen LogP contribution in [0.5, 0.6) is 0 Å². The van der Waals surface area contributed by atoms with Crippen LogP contribution < -0.4 is 0 Å². The average Bonchev–Trinajstić information content (AvgIpc) is 3.14. The first-order valence-electron chi connectivity index (χ1n) is 20.7. The molecule has 12 heteroatoms. The maximum Gasteiger partial charge on any atom is 0.302 e. The first-order chi connectivity index (χ1) is 25.8. The van der Waals surface area contributed by atoms with Crippen molar-refractivity contribution in [1.82, 2.24) is 0 Å². The number of ether oxygens (including phenoxy) is 11. The van der Waals surface area contributed by atoms with Crippen LogP contribution in [0, 0.1) is 0 Å². The molecular formula is C40H80O12. The molecule has 0 N–H and O–H groups in total. The van der Waals surface area contributed by atoms with E-state index in [2.05, 4.69) is 6.92 Å². The highest BCUT2D eigenvalue weighted by atomic mass is 16.6. The molecule has 0 fully saturated rings.